The van der Waals surface area contributed by atoms with Crippen LogP contribution in [0.4, 0.5) is 5.69 Å². The van der Waals surface area contributed by atoms with Crippen LogP contribution in [-0.2, 0) is 0 Å². The molecule has 0 aliphatic carbocycles. The van der Waals surface area contributed by atoms with Crippen LogP contribution in [0, 0.1) is 0 Å². The number of aliphatic hydroxyl groups excluding tert-OH is 1. The topological polar surface area (TPSA) is 85.0 Å². The molecule has 1 atom stereocenters. The molecule has 1 aromatic rings. The highest BCUT2D eigenvalue weighted by Gasteiger charge is 2.47. The van der Waals surface area contributed by atoms with Crippen LogP contribution in [0.1, 0.15) is 71.2 Å². The summed E-state index contributed by atoms with van der Waals surface area (Å²) in [6.07, 6.45) is 2.77. The molecular weight excluding hydrogens is 396 g/mol. The number of carbonyl (C=O) groups excluding carboxylic acids is 1. The molecule has 1 aliphatic rings. The number of aliphatic hydroxyl groups is 1. The summed E-state index contributed by atoms with van der Waals surface area (Å²) in [6.45, 7) is 14.0. The smallest absolute Gasteiger partial charge is 0.258 e. The fourth-order valence-corrected chi connectivity index (χ4v) is 10.4. The van der Waals surface area contributed by atoms with Gasteiger partial charge in [0.2, 0.25) is 0 Å². The predicted octanol–water partition coefficient (Wildman–Crippen LogP) is 4.82. The van der Waals surface area contributed by atoms with Gasteiger partial charge < -0.3 is 24.9 Å². The number of nitrogens with two attached hydrogens (primary N) is 1. The van der Waals surface area contributed by atoms with E-state index in [1.54, 1.807) is 24.1 Å². The molecule has 0 bridgehead atoms. The number of nitrogen functional groups attached to an aromatic ring is 1. The van der Waals surface area contributed by atoms with Gasteiger partial charge >= 0.3 is 0 Å². The van der Waals surface area contributed by atoms with E-state index in [2.05, 4.69) is 41.5 Å². The van der Waals surface area contributed by atoms with Gasteiger partial charge in [0.25, 0.3) is 14.2 Å². The Hall–Kier alpha value is -1.73. The average Bonchev–Trinajstić information content (AvgIpc) is 2.70. The molecule has 3 N–H and O–H groups in total. The summed E-state index contributed by atoms with van der Waals surface area (Å²) in [5, 5.41) is 9.69. The van der Waals surface area contributed by atoms with Gasteiger partial charge in [-0.2, -0.15) is 0 Å². The summed E-state index contributed by atoms with van der Waals surface area (Å²) in [6, 6.07) is 3.30. The van der Waals surface area contributed by atoms with Crippen molar-refractivity contribution in [1.82, 2.24) is 4.90 Å². The normalized spacial score (nSPS) is 17.7. The molecule has 0 spiro atoms. The van der Waals surface area contributed by atoms with E-state index in [4.69, 9.17) is 14.9 Å². The minimum Gasteiger partial charge on any atom is -0.540 e. The van der Waals surface area contributed by atoms with E-state index < -0.39 is 8.32 Å². The Morgan fingerprint density at radius 2 is 1.73 bits per heavy atom. The van der Waals surface area contributed by atoms with Gasteiger partial charge in [-0.15, -0.1) is 0 Å². The van der Waals surface area contributed by atoms with Crippen molar-refractivity contribution in [3.63, 3.8) is 0 Å². The second kappa shape index (κ2) is 10.0. The van der Waals surface area contributed by atoms with Crippen molar-refractivity contribution < 1.29 is 19.1 Å². The first-order valence-electron chi connectivity index (χ1n) is 11.2. The maximum Gasteiger partial charge on any atom is 0.258 e. The quantitative estimate of drug-likeness (QED) is 0.451. The fourth-order valence-electron chi connectivity index (χ4n) is 5.16. The largest absolute Gasteiger partial charge is 0.540 e. The second-order valence-corrected chi connectivity index (χ2v) is 14.7. The molecule has 1 amide bonds. The van der Waals surface area contributed by atoms with Gasteiger partial charge in [0.05, 0.1) is 25.3 Å². The molecule has 1 unspecified atom stereocenters. The molecule has 30 heavy (non-hydrogen) atoms. The summed E-state index contributed by atoms with van der Waals surface area (Å²) in [5.74, 6) is 0.992. The van der Waals surface area contributed by atoms with Crippen LogP contribution in [0.2, 0.25) is 16.6 Å². The summed E-state index contributed by atoms with van der Waals surface area (Å²) in [5.41, 5.74) is 8.37. The van der Waals surface area contributed by atoms with E-state index in [1.807, 2.05) is 0 Å². The number of rotatable bonds is 8. The number of hydrogen-bond acceptors (Lipinski definition) is 5. The van der Waals surface area contributed by atoms with Gasteiger partial charge in [-0.05, 0) is 42.0 Å². The van der Waals surface area contributed by atoms with Crippen LogP contribution < -0.4 is 14.9 Å². The third kappa shape index (κ3) is 4.62. The highest BCUT2D eigenvalue weighted by atomic mass is 28.4. The summed E-state index contributed by atoms with van der Waals surface area (Å²) >= 11 is 0. The lowest BCUT2D eigenvalue weighted by Gasteiger charge is -2.42. The predicted molar refractivity (Wildman–Crippen MR) is 125 cm³/mol. The number of amides is 1. The van der Waals surface area contributed by atoms with Crippen LogP contribution in [0.3, 0.4) is 0 Å². The maximum atomic E-state index is 13.2. The first-order valence-corrected chi connectivity index (χ1v) is 13.3. The minimum atomic E-state index is -2.20. The lowest BCUT2D eigenvalue weighted by molar-refractivity contribution is 0.0503. The molecule has 1 aliphatic heterocycles. The zero-order valence-corrected chi connectivity index (χ0v) is 20.7. The third-order valence-corrected chi connectivity index (χ3v) is 12.6. The standard InChI is InChI=1S/C23H40N2O4Si/c1-15(2)30(16(3)4,17(5)6)29-22-13-20(24)19(12-21(22)28-7)23(27)25-11-9-8-10-18(25)14-26/h12-13,15-18,26H,8-11,14,24H2,1-7H3. The van der Waals surface area contributed by atoms with Crippen LogP contribution in [-0.4, -0.2) is 50.5 Å². The Balaban J connectivity index is 2.46. The van der Waals surface area contributed by atoms with Crippen LogP contribution in [0.25, 0.3) is 0 Å². The zero-order chi connectivity index (χ0) is 22.6. The monoisotopic (exact) mass is 436 g/mol. The number of methoxy groups -OCH3 is 1. The summed E-state index contributed by atoms with van der Waals surface area (Å²) in [7, 11) is -0.606. The number of hydrogen-bond donors (Lipinski definition) is 2. The van der Waals surface area contributed by atoms with Gasteiger partial charge in [-0.3, -0.25) is 4.79 Å². The Morgan fingerprint density at radius 1 is 1.13 bits per heavy atom. The van der Waals surface area contributed by atoms with Gasteiger partial charge in [0.1, 0.15) is 5.75 Å². The number of ether oxygens (including phenoxy) is 1. The van der Waals surface area contributed by atoms with Gasteiger partial charge in [-0.25, -0.2) is 0 Å². The maximum absolute atomic E-state index is 13.2. The van der Waals surface area contributed by atoms with Crippen LogP contribution in [0.5, 0.6) is 11.5 Å². The van der Waals surface area contributed by atoms with Crippen molar-refractivity contribution in [2.75, 3.05) is 26.0 Å². The van der Waals surface area contributed by atoms with Crippen molar-refractivity contribution >= 4 is 19.9 Å². The number of nitrogens with zero attached hydrogens (tertiary/aromatic N) is 1. The molecule has 1 saturated heterocycles. The SMILES string of the molecule is COc1cc(C(=O)N2CCCCC2CO)c(N)cc1O[Si](C(C)C)(C(C)C)C(C)C. The second-order valence-electron chi connectivity index (χ2n) is 9.34. The summed E-state index contributed by atoms with van der Waals surface area (Å²) < 4.78 is 12.4. The fraction of sp³-hybridized carbons (Fsp3) is 0.696. The van der Waals surface area contributed by atoms with Crippen molar-refractivity contribution in [3.05, 3.63) is 17.7 Å². The molecule has 2 rings (SSSR count). The van der Waals surface area contributed by atoms with Crippen molar-refractivity contribution in [1.29, 1.82) is 0 Å². The number of carbonyl (C=O) groups is 1. The van der Waals surface area contributed by atoms with E-state index in [1.165, 1.54) is 0 Å². The molecule has 170 valence electrons. The summed E-state index contributed by atoms with van der Waals surface area (Å²) in [4.78, 5) is 15.0. The Kier molecular flexibility index (Phi) is 8.22. The van der Waals surface area contributed by atoms with Crippen molar-refractivity contribution in [2.45, 2.75) is 83.5 Å². The molecule has 0 radical (unpaired) electrons. The first-order chi connectivity index (χ1) is 14.1. The van der Waals surface area contributed by atoms with Gasteiger partial charge in [-0.1, -0.05) is 41.5 Å². The number of likely N-dealkylation sites (tertiary alicyclic amines) is 1. The molecule has 1 aromatic carbocycles. The molecule has 6 nitrogen and oxygen atoms in total. The molecule has 7 heteroatoms. The first kappa shape index (κ1) is 24.5. The lowest BCUT2D eigenvalue weighted by atomic mass is 10.0. The molecule has 0 aromatic heterocycles. The highest BCUT2D eigenvalue weighted by Crippen LogP contribution is 2.45. The lowest BCUT2D eigenvalue weighted by Crippen LogP contribution is -2.50. The minimum absolute atomic E-state index is 0.0325. The highest BCUT2D eigenvalue weighted by molar-refractivity contribution is 6.78. The number of benzene rings is 1. The molecule has 0 saturated carbocycles. The van der Waals surface area contributed by atoms with E-state index in [-0.39, 0.29) is 18.6 Å². The van der Waals surface area contributed by atoms with Crippen molar-refractivity contribution in [2.24, 2.45) is 0 Å². The van der Waals surface area contributed by atoms with E-state index in [9.17, 15) is 9.90 Å². The third-order valence-electron chi connectivity index (χ3n) is 6.66. The van der Waals surface area contributed by atoms with Crippen molar-refractivity contribution in [3.8, 4) is 11.5 Å². The van der Waals surface area contributed by atoms with E-state index >= 15 is 0 Å². The molecule has 1 heterocycles. The molecule has 1 fully saturated rings. The molecular formula is C23H40N2O4Si. The average molecular weight is 437 g/mol. The Bertz CT molecular complexity index is 714. The zero-order valence-electron chi connectivity index (χ0n) is 19.7. The number of anilines is 1. The van der Waals surface area contributed by atoms with Gasteiger partial charge in [0, 0.05) is 18.3 Å². The van der Waals surface area contributed by atoms with E-state index in [0.29, 0.717) is 45.9 Å². The van der Waals surface area contributed by atoms with Crippen LogP contribution >= 0.6 is 0 Å². The van der Waals surface area contributed by atoms with Gasteiger partial charge in [0.15, 0.2) is 5.75 Å². The Labute approximate surface area is 182 Å². The van der Waals surface area contributed by atoms with E-state index in [0.717, 1.165) is 19.3 Å². The Morgan fingerprint density at radius 3 is 2.23 bits per heavy atom. The van der Waals surface area contributed by atoms with Crippen LogP contribution in [0.15, 0.2) is 12.1 Å². The number of piperidine rings is 1.